The molecule has 6 heteroatoms. The van der Waals surface area contributed by atoms with Crippen LogP contribution in [0, 0.1) is 11.5 Å². The molecule has 1 aliphatic heterocycles. The molecule has 0 bridgehead atoms. The van der Waals surface area contributed by atoms with E-state index in [1.165, 1.54) is 4.90 Å². The van der Waals surface area contributed by atoms with Gasteiger partial charge in [-0.1, -0.05) is 18.2 Å². The molecule has 1 N–H and O–H groups in total. The average molecular weight is 258 g/mol. The van der Waals surface area contributed by atoms with E-state index in [9.17, 15) is 9.59 Å². The summed E-state index contributed by atoms with van der Waals surface area (Å²) >= 11 is 0. The number of amides is 2. The highest BCUT2D eigenvalue weighted by Crippen LogP contribution is 2.13. The minimum Gasteiger partial charge on any atom is -0.332 e. The molecule has 2 amide bonds. The topological polar surface area (TPSA) is 76.4 Å². The third-order valence-corrected chi connectivity index (χ3v) is 2.90. The fourth-order valence-corrected chi connectivity index (χ4v) is 1.90. The lowest BCUT2D eigenvalue weighted by molar-refractivity contribution is -0.144. The first-order valence-electron chi connectivity index (χ1n) is 6.03. The van der Waals surface area contributed by atoms with Gasteiger partial charge >= 0.3 is 11.8 Å². The second-order valence-corrected chi connectivity index (χ2v) is 4.12. The number of piperazine rings is 1. The maximum Gasteiger partial charge on any atom is 0.329 e. The summed E-state index contributed by atoms with van der Waals surface area (Å²) in [7, 11) is 0. The number of nitrogens with zero attached hydrogens (tertiary/aromatic N) is 3. The van der Waals surface area contributed by atoms with E-state index in [1.54, 1.807) is 36.5 Å². The number of benzene rings is 1. The number of carbonyl (C=O) groups is 2. The largest absolute Gasteiger partial charge is 0.332 e. The van der Waals surface area contributed by atoms with Crippen molar-refractivity contribution >= 4 is 17.5 Å². The first-order chi connectivity index (χ1) is 9.24. The highest BCUT2D eigenvalue weighted by Gasteiger charge is 2.28. The van der Waals surface area contributed by atoms with Crippen LogP contribution >= 0.6 is 0 Å². The van der Waals surface area contributed by atoms with Crippen molar-refractivity contribution in [2.24, 2.45) is 0 Å². The molecule has 0 unspecified atom stereocenters. The zero-order valence-corrected chi connectivity index (χ0v) is 10.4. The molecular weight excluding hydrogens is 244 g/mol. The Balaban J connectivity index is 2.13. The number of para-hydroxylation sites is 1. The van der Waals surface area contributed by atoms with E-state index >= 15 is 0 Å². The highest BCUT2D eigenvalue weighted by molar-refractivity contribution is 6.41. The molecule has 0 aliphatic carbocycles. The number of anilines is 1. The number of rotatable bonds is 1. The van der Waals surface area contributed by atoms with Crippen molar-refractivity contribution in [1.29, 1.82) is 5.26 Å². The van der Waals surface area contributed by atoms with E-state index in [4.69, 9.17) is 5.26 Å². The van der Waals surface area contributed by atoms with Gasteiger partial charge in [0.2, 0.25) is 0 Å². The Bertz CT molecular complexity index is 503. The summed E-state index contributed by atoms with van der Waals surface area (Å²) in [5.41, 5.74) is 0.401. The standard InChI is InChI=1S/C13H14N4O2/c14-10-17(11-4-2-1-3-5-11)13(19)12(18)16-8-6-15-7-9-16/h1-5,15H,6-9H2. The minimum absolute atomic E-state index is 0.401. The number of hydrogen-bond acceptors (Lipinski definition) is 4. The Labute approximate surface area is 111 Å². The molecule has 0 saturated carbocycles. The molecule has 1 aliphatic rings. The van der Waals surface area contributed by atoms with Gasteiger partial charge < -0.3 is 10.2 Å². The van der Waals surface area contributed by atoms with Crippen LogP contribution in [0.5, 0.6) is 0 Å². The van der Waals surface area contributed by atoms with Gasteiger partial charge in [0.15, 0.2) is 6.19 Å². The second-order valence-electron chi connectivity index (χ2n) is 4.12. The van der Waals surface area contributed by atoms with Crippen molar-refractivity contribution in [1.82, 2.24) is 10.2 Å². The van der Waals surface area contributed by atoms with Crippen LogP contribution in [0.4, 0.5) is 5.69 Å². The number of hydrogen-bond donors (Lipinski definition) is 1. The Morgan fingerprint density at radius 2 is 1.84 bits per heavy atom. The summed E-state index contributed by atoms with van der Waals surface area (Å²) < 4.78 is 0. The van der Waals surface area contributed by atoms with Crippen LogP contribution in [0.2, 0.25) is 0 Å². The van der Waals surface area contributed by atoms with Crippen molar-refractivity contribution in [3.05, 3.63) is 30.3 Å². The predicted molar refractivity (Wildman–Crippen MR) is 69.0 cm³/mol. The minimum atomic E-state index is -0.810. The lowest BCUT2D eigenvalue weighted by Crippen LogP contribution is -2.51. The number of carbonyl (C=O) groups excluding carboxylic acids is 2. The smallest absolute Gasteiger partial charge is 0.329 e. The van der Waals surface area contributed by atoms with Gasteiger partial charge in [-0.25, -0.2) is 4.90 Å². The first kappa shape index (κ1) is 13.1. The molecule has 1 fully saturated rings. The molecule has 19 heavy (non-hydrogen) atoms. The molecule has 1 aromatic carbocycles. The maximum atomic E-state index is 12.1. The van der Waals surface area contributed by atoms with E-state index in [1.807, 2.05) is 0 Å². The third kappa shape index (κ3) is 2.89. The molecular formula is C13H14N4O2. The summed E-state index contributed by atoms with van der Waals surface area (Å²) in [6, 6.07) is 8.43. The zero-order valence-electron chi connectivity index (χ0n) is 10.4. The fourth-order valence-electron chi connectivity index (χ4n) is 1.90. The molecule has 6 nitrogen and oxygen atoms in total. The van der Waals surface area contributed by atoms with Crippen molar-refractivity contribution in [3.63, 3.8) is 0 Å². The average Bonchev–Trinajstić information content (AvgIpc) is 2.49. The van der Waals surface area contributed by atoms with Gasteiger partial charge in [0.05, 0.1) is 5.69 Å². The first-order valence-corrected chi connectivity index (χ1v) is 6.03. The maximum absolute atomic E-state index is 12.1. The third-order valence-electron chi connectivity index (χ3n) is 2.90. The van der Waals surface area contributed by atoms with Crippen LogP contribution in [0.3, 0.4) is 0 Å². The lowest BCUT2D eigenvalue weighted by Gasteiger charge is -2.27. The van der Waals surface area contributed by atoms with Crippen molar-refractivity contribution in [3.8, 4) is 6.19 Å². The molecule has 1 saturated heterocycles. The number of nitriles is 1. The van der Waals surface area contributed by atoms with E-state index < -0.39 is 11.8 Å². The summed E-state index contributed by atoms with van der Waals surface area (Å²) in [4.78, 5) is 26.4. The molecule has 1 heterocycles. The van der Waals surface area contributed by atoms with E-state index in [2.05, 4.69) is 5.32 Å². The highest BCUT2D eigenvalue weighted by atomic mass is 16.2. The SMILES string of the molecule is N#CN(C(=O)C(=O)N1CCNCC1)c1ccccc1. The van der Waals surface area contributed by atoms with E-state index in [0.29, 0.717) is 31.9 Å². The van der Waals surface area contributed by atoms with Crippen molar-refractivity contribution in [2.45, 2.75) is 0 Å². The van der Waals surface area contributed by atoms with Crippen LogP contribution in [-0.4, -0.2) is 42.9 Å². The quantitative estimate of drug-likeness (QED) is 0.435. The summed E-state index contributed by atoms with van der Waals surface area (Å²) in [6.07, 6.45) is 1.76. The van der Waals surface area contributed by atoms with Gasteiger partial charge in [-0.3, -0.25) is 9.59 Å². The lowest BCUT2D eigenvalue weighted by atomic mass is 10.2. The second kappa shape index (κ2) is 5.98. The normalized spacial score (nSPS) is 14.6. The molecule has 0 atom stereocenters. The van der Waals surface area contributed by atoms with Gasteiger partial charge in [-0.05, 0) is 12.1 Å². The Morgan fingerprint density at radius 1 is 1.21 bits per heavy atom. The summed E-state index contributed by atoms with van der Waals surface area (Å²) in [5.74, 6) is -1.44. The molecule has 0 spiro atoms. The zero-order chi connectivity index (χ0) is 13.7. The summed E-state index contributed by atoms with van der Waals surface area (Å²) in [6.45, 7) is 2.30. The molecule has 0 radical (unpaired) electrons. The molecule has 1 aromatic rings. The van der Waals surface area contributed by atoms with Crippen molar-refractivity contribution in [2.75, 3.05) is 31.1 Å². The molecule has 98 valence electrons. The van der Waals surface area contributed by atoms with Crippen LogP contribution in [0.25, 0.3) is 0 Å². The Morgan fingerprint density at radius 3 is 2.42 bits per heavy atom. The Kier molecular flexibility index (Phi) is 4.11. The molecule has 2 rings (SSSR count). The van der Waals surface area contributed by atoms with Crippen molar-refractivity contribution < 1.29 is 9.59 Å². The van der Waals surface area contributed by atoms with Gasteiger partial charge in [0.25, 0.3) is 0 Å². The monoisotopic (exact) mass is 258 g/mol. The van der Waals surface area contributed by atoms with E-state index in [0.717, 1.165) is 4.90 Å². The van der Waals surface area contributed by atoms with Gasteiger partial charge in [0.1, 0.15) is 0 Å². The van der Waals surface area contributed by atoms with Gasteiger partial charge in [-0.2, -0.15) is 5.26 Å². The van der Waals surface area contributed by atoms with Gasteiger partial charge in [-0.15, -0.1) is 0 Å². The van der Waals surface area contributed by atoms with E-state index in [-0.39, 0.29) is 0 Å². The van der Waals surface area contributed by atoms with Crippen LogP contribution in [0.1, 0.15) is 0 Å². The van der Waals surface area contributed by atoms with Crippen LogP contribution < -0.4 is 10.2 Å². The Hall–Kier alpha value is -2.39. The fraction of sp³-hybridized carbons (Fsp3) is 0.308. The van der Waals surface area contributed by atoms with Gasteiger partial charge in [0, 0.05) is 26.2 Å². The van der Waals surface area contributed by atoms with Crippen LogP contribution in [0.15, 0.2) is 30.3 Å². The predicted octanol–water partition coefficient (Wildman–Crippen LogP) is -0.0675. The van der Waals surface area contributed by atoms with Crippen LogP contribution in [-0.2, 0) is 9.59 Å². The summed E-state index contributed by atoms with van der Waals surface area (Å²) in [5, 5.41) is 12.2. The number of nitrogens with one attached hydrogen (secondary N) is 1. The molecule has 0 aromatic heterocycles.